The molecule has 3 aromatic rings. The Labute approximate surface area is 149 Å². The molecule has 0 aliphatic carbocycles. The summed E-state index contributed by atoms with van der Waals surface area (Å²) in [6, 6.07) is 6.21. The van der Waals surface area contributed by atoms with Crippen molar-refractivity contribution in [2.45, 2.75) is 58.9 Å². The predicted octanol–water partition coefficient (Wildman–Crippen LogP) is 4.73. The van der Waals surface area contributed by atoms with Crippen molar-refractivity contribution in [1.82, 2.24) is 19.6 Å². The summed E-state index contributed by atoms with van der Waals surface area (Å²) in [6.07, 6.45) is 10.3. The molecule has 0 radical (unpaired) electrons. The van der Waals surface area contributed by atoms with Crippen molar-refractivity contribution in [1.29, 1.82) is 0 Å². The van der Waals surface area contributed by atoms with Crippen LogP contribution in [0.2, 0.25) is 0 Å². The fourth-order valence-electron chi connectivity index (χ4n) is 3.26. The number of nitrogens with zero attached hydrogens (tertiary/aromatic N) is 4. The normalized spacial score (nSPS) is 11.4. The highest BCUT2D eigenvalue weighted by molar-refractivity contribution is 5.54. The fraction of sp³-hybridized carbons (Fsp3) is 0.450. The molecule has 0 aliphatic heterocycles. The topological polar surface area (TPSA) is 55.1 Å². The van der Waals surface area contributed by atoms with Gasteiger partial charge in [0.15, 0.2) is 5.65 Å². The van der Waals surface area contributed by atoms with E-state index in [0.29, 0.717) is 5.92 Å². The zero-order valence-electron chi connectivity index (χ0n) is 15.4. The lowest BCUT2D eigenvalue weighted by Gasteiger charge is -2.17. The standard InChI is InChI=1S/C20H27N5/c1-4-7-17(8-5-2)18-11-19(22-14-16-9-6-10-21-13-16)25-20(24-18)15(3)12-23-25/h6,9-13,17,22H,4-5,7-8,14H2,1-3H3. The maximum absolute atomic E-state index is 4.94. The first-order valence-corrected chi connectivity index (χ1v) is 9.21. The third kappa shape index (κ3) is 3.98. The minimum Gasteiger partial charge on any atom is -0.366 e. The molecule has 0 saturated heterocycles. The van der Waals surface area contributed by atoms with Crippen molar-refractivity contribution in [2.75, 3.05) is 5.32 Å². The second-order valence-corrected chi connectivity index (χ2v) is 6.62. The average Bonchev–Trinajstić information content (AvgIpc) is 3.01. The Morgan fingerprint density at radius 3 is 2.64 bits per heavy atom. The number of hydrogen-bond donors (Lipinski definition) is 1. The highest BCUT2D eigenvalue weighted by Crippen LogP contribution is 2.28. The zero-order chi connectivity index (χ0) is 17.6. The van der Waals surface area contributed by atoms with Crippen LogP contribution in [0.15, 0.2) is 36.8 Å². The molecule has 0 aromatic carbocycles. The molecule has 25 heavy (non-hydrogen) atoms. The van der Waals surface area contributed by atoms with Crippen LogP contribution in [-0.2, 0) is 6.54 Å². The first-order chi connectivity index (χ1) is 12.2. The Morgan fingerprint density at radius 2 is 1.96 bits per heavy atom. The van der Waals surface area contributed by atoms with Gasteiger partial charge in [-0.15, -0.1) is 0 Å². The molecule has 0 atom stereocenters. The lowest BCUT2D eigenvalue weighted by Crippen LogP contribution is -2.10. The first-order valence-electron chi connectivity index (χ1n) is 9.21. The Morgan fingerprint density at radius 1 is 1.16 bits per heavy atom. The summed E-state index contributed by atoms with van der Waals surface area (Å²) in [5, 5.41) is 8.02. The molecule has 1 N–H and O–H groups in total. The largest absolute Gasteiger partial charge is 0.366 e. The van der Waals surface area contributed by atoms with Crippen molar-refractivity contribution in [2.24, 2.45) is 0 Å². The zero-order valence-corrected chi connectivity index (χ0v) is 15.4. The summed E-state index contributed by atoms with van der Waals surface area (Å²) < 4.78 is 1.91. The molecule has 3 aromatic heterocycles. The van der Waals surface area contributed by atoms with Gasteiger partial charge in [0.2, 0.25) is 0 Å². The summed E-state index contributed by atoms with van der Waals surface area (Å²) in [7, 11) is 0. The van der Waals surface area contributed by atoms with E-state index in [9.17, 15) is 0 Å². The van der Waals surface area contributed by atoms with Crippen LogP contribution >= 0.6 is 0 Å². The second-order valence-electron chi connectivity index (χ2n) is 6.62. The van der Waals surface area contributed by atoms with E-state index in [2.05, 4.69) is 48.3 Å². The first kappa shape index (κ1) is 17.4. The van der Waals surface area contributed by atoms with Crippen LogP contribution in [0.3, 0.4) is 0 Å². The van der Waals surface area contributed by atoms with Crippen LogP contribution in [0.1, 0.15) is 62.3 Å². The number of anilines is 1. The second kappa shape index (κ2) is 8.10. The van der Waals surface area contributed by atoms with E-state index in [-0.39, 0.29) is 0 Å². The van der Waals surface area contributed by atoms with Crippen LogP contribution in [-0.4, -0.2) is 19.6 Å². The van der Waals surface area contributed by atoms with Gasteiger partial charge in [-0.2, -0.15) is 9.61 Å². The van der Waals surface area contributed by atoms with Crippen molar-refractivity contribution in [3.05, 3.63) is 53.6 Å². The average molecular weight is 337 g/mol. The predicted molar refractivity (Wildman–Crippen MR) is 102 cm³/mol. The van der Waals surface area contributed by atoms with Crippen molar-refractivity contribution < 1.29 is 0 Å². The minimum absolute atomic E-state index is 0.508. The molecular formula is C20H27N5. The summed E-state index contributed by atoms with van der Waals surface area (Å²) in [5.41, 5.74) is 4.38. The maximum Gasteiger partial charge on any atom is 0.160 e. The number of rotatable bonds is 8. The monoisotopic (exact) mass is 337 g/mol. The Bertz CT molecular complexity index is 804. The fourth-order valence-corrected chi connectivity index (χ4v) is 3.26. The molecule has 132 valence electrons. The highest BCUT2D eigenvalue weighted by atomic mass is 15.3. The molecule has 0 spiro atoms. The number of hydrogen-bond acceptors (Lipinski definition) is 4. The van der Waals surface area contributed by atoms with Gasteiger partial charge in [0.05, 0.1) is 6.20 Å². The molecule has 0 fully saturated rings. The van der Waals surface area contributed by atoms with Crippen LogP contribution in [0.4, 0.5) is 5.82 Å². The Kier molecular flexibility index (Phi) is 5.64. The molecular weight excluding hydrogens is 310 g/mol. The van der Waals surface area contributed by atoms with Crippen molar-refractivity contribution in [3.63, 3.8) is 0 Å². The lowest BCUT2D eigenvalue weighted by molar-refractivity contribution is 0.548. The Balaban J connectivity index is 1.95. The van der Waals surface area contributed by atoms with Gasteiger partial charge in [0.25, 0.3) is 0 Å². The summed E-state index contributed by atoms with van der Waals surface area (Å²) in [5.74, 6) is 1.50. The molecule has 0 amide bonds. The smallest absolute Gasteiger partial charge is 0.160 e. The van der Waals surface area contributed by atoms with E-state index in [1.54, 1.807) is 6.20 Å². The van der Waals surface area contributed by atoms with Crippen LogP contribution in [0.5, 0.6) is 0 Å². The Hall–Kier alpha value is -2.43. The molecule has 0 saturated carbocycles. The summed E-state index contributed by atoms with van der Waals surface area (Å²) in [6.45, 7) is 7.27. The van der Waals surface area contributed by atoms with Crippen molar-refractivity contribution in [3.8, 4) is 0 Å². The third-order valence-electron chi connectivity index (χ3n) is 4.56. The molecule has 3 heterocycles. The number of pyridine rings is 1. The van der Waals surface area contributed by atoms with Crippen LogP contribution < -0.4 is 5.32 Å². The van der Waals surface area contributed by atoms with E-state index in [4.69, 9.17) is 4.98 Å². The molecule has 0 aliphatic rings. The summed E-state index contributed by atoms with van der Waals surface area (Å²) in [4.78, 5) is 9.12. The number of nitrogens with one attached hydrogen (secondary N) is 1. The van der Waals surface area contributed by atoms with Gasteiger partial charge in [0.1, 0.15) is 5.82 Å². The van der Waals surface area contributed by atoms with E-state index in [0.717, 1.165) is 29.1 Å². The minimum atomic E-state index is 0.508. The molecule has 0 unspecified atom stereocenters. The van der Waals surface area contributed by atoms with Gasteiger partial charge in [-0.3, -0.25) is 4.98 Å². The highest BCUT2D eigenvalue weighted by Gasteiger charge is 2.16. The number of aryl methyl sites for hydroxylation is 1. The van der Waals surface area contributed by atoms with Crippen LogP contribution in [0.25, 0.3) is 5.65 Å². The van der Waals surface area contributed by atoms with Crippen molar-refractivity contribution >= 4 is 11.5 Å². The molecule has 0 bridgehead atoms. The van der Waals surface area contributed by atoms with Gasteiger partial charge in [0, 0.05) is 42.2 Å². The van der Waals surface area contributed by atoms with E-state index in [1.807, 2.05) is 23.0 Å². The van der Waals surface area contributed by atoms with Gasteiger partial charge < -0.3 is 5.32 Å². The SMILES string of the molecule is CCCC(CCC)c1cc(NCc2cccnc2)n2ncc(C)c2n1. The van der Waals surface area contributed by atoms with Gasteiger partial charge >= 0.3 is 0 Å². The maximum atomic E-state index is 4.94. The quantitative estimate of drug-likeness (QED) is 0.646. The van der Waals surface area contributed by atoms with Gasteiger partial charge in [-0.25, -0.2) is 4.98 Å². The molecule has 3 rings (SSSR count). The molecule has 5 nitrogen and oxygen atoms in total. The van der Waals surface area contributed by atoms with Crippen LogP contribution in [0, 0.1) is 6.92 Å². The van der Waals surface area contributed by atoms with Gasteiger partial charge in [-0.1, -0.05) is 32.8 Å². The lowest BCUT2D eigenvalue weighted by atomic mass is 9.94. The molecule has 5 heteroatoms. The van der Waals surface area contributed by atoms with E-state index < -0.39 is 0 Å². The van der Waals surface area contributed by atoms with E-state index in [1.165, 1.54) is 31.4 Å². The number of aromatic nitrogens is 4. The third-order valence-corrected chi connectivity index (χ3v) is 4.56. The van der Waals surface area contributed by atoms with E-state index >= 15 is 0 Å². The van der Waals surface area contributed by atoms with Gasteiger partial charge in [-0.05, 0) is 31.4 Å². The number of fused-ring (bicyclic) bond motifs is 1. The summed E-state index contributed by atoms with van der Waals surface area (Å²) >= 11 is 0.